The van der Waals surface area contributed by atoms with Crippen molar-refractivity contribution in [1.82, 2.24) is 8.61 Å². The number of benzene rings is 2. The molecule has 0 aliphatic carbocycles. The first-order valence-corrected chi connectivity index (χ1v) is 11.8. The Morgan fingerprint density at radius 1 is 0.833 bits per heavy atom. The molecule has 0 atom stereocenters. The first-order valence-electron chi connectivity index (χ1n) is 8.79. The molecule has 1 aliphatic heterocycles. The molecule has 2 aromatic carbocycles. The second-order valence-corrected chi connectivity index (χ2v) is 10.6. The normalized spacial score (nSPS) is 17.2. The van der Waals surface area contributed by atoms with Crippen LogP contribution in [0.1, 0.15) is 11.1 Å². The van der Waals surface area contributed by atoms with E-state index in [2.05, 4.69) is 0 Å². The third kappa shape index (κ3) is 4.99. The van der Waals surface area contributed by atoms with Crippen molar-refractivity contribution < 1.29 is 34.4 Å². The van der Waals surface area contributed by atoms with Gasteiger partial charge in [-0.1, -0.05) is 18.2 Å². The summed E-state index contributed by atoms with van der Waals surface area (Å²) in [7, 11) is -8.03. The van der Waals surface area contributed by atoms with Gasteiger partial charge in [0.15, 0.2) is 0 Å². The fourth-order valence-electron chi connectivity index (χ4n) is 3.10. The minimum absolute atomic E-state index is 0.157. The monoisotopic (exact) mass is 466 g/mol. The molecule has 1 heterocycles. The molecule has 0 amide bonds. The van der Waals surface area contributed by atoms with Crippen LogP contribution in [-0.4, -0.2) is 51.6 Å². The summed E-state index contributed by atoms with van der Waals surface area (Å²) in [5.74, 6) is -1.01. The van der Waals surface area contributed by atoms with Crippen LogP contribution in [0.15, 0.2) is 53.4 Å². The Morgan fingerprint density at radius 2 is 1.43 bits per heavy atom. The van der Waals surface area contributed by atoms with Crippen molar-refractivity contribution in [2.45, 2.75) is 16.8 Å². The molecule has 0 unspecified atom stereocenters. The van der Waals surface area contributed by atoms with Gasteiger partial charge in [-0.3, -0.25) is 0 Å². The first kappa shape index (κ1) is 22.7. The van der Waals surface area contributed by atoms with Crippen LogP contribution < -0.4 is 0 Å². The van der Waals surface area contributed by atoms with Crippen molar-refractivity contribution in [2.24, 2.45) is 0 Å². The van der Waals surface area contributed by atoms with Crippen LogP contribution in [0.2, 0.25) is 0 Å². The van der Waals surface area contributed by atoms with E-state index in [0.29, 0.717) is 6.07 Å². The van der Waals surface area contributed by atoms with Crippen LogP contribution >= 0.6 is 0 Å². The summed E-state index contributed by atoms with van der Waals surface area (Å²) in [5, 5.41) is 0. The largest absolute Gasteiger partial charge is 0.416 e. The Morgan fingerprint density at radius 3 is 2.03 bits per heavy atom. The summed E-state index contributed by atoms with van der Waals surface area (Å²) in [6.07, 6.45) is -4.69. The van der Waals surface area contributed by atoms with E-state index in [1.807, 2.05) is 0 Å². The van der Waals surface area contributed by atoms with Gasteiger partial charge in [0, 0.05) is 26.2 Å². The van der Waals surface area contributed by atoms with E-state index >= 15 is 0 Å². The van der Waals surface area contributed by atoms with E-state index in [1.165, 1.54) is 18.2 Å². The highest BCUT2D eigenvalue weighted by molar-refractivity contribution is 7.89. The lowest BCUT2D eigenvalue weighted by molar-refractivity contribution is -0.137. The summed E-state index contributed by atoms with van der Waals surface area (Å²) in [6.45, 7) is -0.729. The number of nitrogens with zero attached hydrogens (tertiary/aromatic N) is 2. The smallest absolute Gasteiger partial charge is 0.212 e. The van der Waals surface area contributed by atoms with Crippen LogP contribution in [0.5, 0.6) is 0 Å². The fourth-order valence-corrected chi connectivity index (χ4v) is 6.07. The number of halogens is 4. The molecule has 3 rings (SSSR count). The Balaban J connectivity index is 1.71. The SMILES string of the molecule is O=S(=O)(Cc1cccc(F)c1)N1CCN(S(=O)(=O)c2cccc(C(F)(F)F)c2)CC1. The van der Waals surface area contributed by atoms with E-state index in [1.54, 1.807) is 0 Å². The molecule has 1 saturated heterocycles. The molecule has 0 radical (unpaired) electrons. The number of sulfonamides is 2. The quantitative estimate of drug-likeness (QED) is 0.635. The zero-order chi connectivity index (χ0) is 22.2. The van der Waals surface area contributed by atoms with Gasteiger partial charge in [0.1, 0.15) is 5.82 Å². The minimum atomic E-state index is -4.69. The summed E-state index contributed by atoms with van der Waals surface area (Å²) >= 11 is 0. The van der Waals surface area contributed by atoms with Crippen molar-refractivity contribution in [3.05, 3.63) is 65.5 Å². The molecule has 1 aliphatic rings. The highest BCUT2D eigenvalue weighted by atomic mass is 32.2. The van der Waals surface area contributed by atoms with Crippen LogP contribution in [0.4, 0.5) is 17.6 Å². The topological polar surface area (TPSA) is 74.8 Å². The zero-order valence-electron chi connectivity index (χ0n) is 15.5. The van der Waals surface area contributed by atoms with E-state index in [9.17, 15) is 34.4 Å². The van der Waals surface area contributed by atoms with Gasteiger partial charge in [-0.2, -0.15) is 21.8 Å². The molecule has 12 heteroatoms. The Hall–Kier alpha value is -2.02. The van der Waals surface area contributed by atoms with Crippen LogP contribution in [0.3, 0.4) is 0 Å². The van der Waals surface area contributed by atoms with Gasteiger partial charge in [0.2, 0.25) is 20.0 Å². The Bertz CT molecular complexity index is 1130. The summed E-state index contributed by atoms with van der Waals surface area (Å²) in [5.41, 5.74) is -0.825. The van der Waals surface area contributed by atoms with Gasteiger partial charge < -0.3 is 0 Å². The van der Waals surface area contributed by atoms with Crippen molar-refractivity contribution in [2.75, 3.05) is 26.2 Å². The maximum Gasteiger partial charge on any atom is 0.416 e. The number of hydrogen-bond donors (Lipinski definition) is 0. The number of alkyl halides is 3. The standard InChI is InChI=1S/C18H18F4N2O4S2/c19-16-5-1-3-14(11-16)13-29(25,26)23-7-9-24(10-8-23)30(27,28)17-6-2-4-15(12-17)18(20,21)22/h1-6,11-12H,7-10,13H2. The van der Waals surface area contributed by atoms with Gasteiger partial charge in [-0.25, -0.2) is 21.2 Å². The summed E-state index contributed by atoms with van der Waals surface area (Å²) < 4.78 is 104. The Labute approximate surface area is 171 Å². The number of piperazine rings is 1. The lowest BCUT2D eigenvalue weighted by Crippen LogP contribution is -2.50. The van der Waals surface area contributed by atoms with Crippen LogP contribution in [0.25, 0.3) is 0 Å². The average Bonchev–Trinajstić information content (AvgIpc) is 2.67. The summed E-state index contributed by atoms with van der Waals surface area (Å²) in [4.78, 5) is -0.506. The first-order chi connectivity index (χ1) is 13.9. The lowest BCUT2D eigenvalue weighted by Gasteiger charge is -2.33. The van der Waals surface area contributed by atoms with E-state index in [-0.39, 0.29) is 31.7 Å². The van der Waals surface area contributed by atoms with Gasteiger partial charge in [-0.05, 0) is 35.9 Å². The van der Waals surface area contributed by atoms with Gasteiger partial charge in [-0.15, -0.1) is 0 Å². The average molecular weight is 466 g/mol. The second kappa shape index (κ2) is 8.25. The summed E-state index contributed by atoms with van der Waals surface area (Å²) in [6, 6.07) is 8.56. The molecule has 164 valence electrons. The molecule has 2 aromatic rings. The number of rotatable bonds is 5. The zero-order valence-corrected chi connectivity index (χ0v) is 17.1. The van der Waals surface area contributed by atoms with Gasteiger partial charge in [0.25, 0.3) is 0 Å². The predicted octanol–water partition coefficient (Wildman–Crippen LogP) is 2.68. The van der Waals surface area contributed by atoms with Crippen molar-refractivity contribution >= 4 is 20.0 Å². The fraction of sp³-hybridized carbons (Fsp3) is 0.333. The molecular weight excluding hydrogens is 448 g/mol. The van der Waals surface area contributed by atoms with Gasteiger partial charge >= 0.3 is 6.18 Å². The number of hydrogen-bond acceptors (Lipinski definition) is 4. The predicted molar refractivity (Wildman–Crippen MR) is 101 cm³/mol. The molecule has 1 fully saturated rings. The molecule has 0 saturated carbocycles. The Kier molecular flexibility index (Phi) is 6.23. The molecule has 0 bridgehead atoms. The highest BCUT2D eigenvalue weighted by Gasteiger charge is 2.35. The minimum Gasteiger partial charge on any atom is -0.212 e. The third-order valence-corrected chi connectivity index (χ3v) is 8.37. The van der Waals surface area contributed by atoms with E-state index < -0.39 is 48.3 Å². The van der Waals surface area contributed by atoms with Crippen molar-refractivity contribution in [1.29, 1.82) is 0 Å². The van der Waals surface area contributed by atoms with Crippen molar-refractivity contribution in [3.8, 4) is 0 Å². The molecule has 0 spiro atoms. The van der Waals surface area contributed by atoms with Crippen LogP contribution in [-0.2, 0) is 32.0 Å². The molecular formula is C18H18F4N2O4S2. The molecule has 6 nitrogen and oxygen atoms in total. The maximum atomic E-state index is 13.3. The molecule has 0 aromatic heterocycles. The lowest BCUT2D eigenvalue weighted by atomic mass is 10.2. The van der Waals surface area contributed by atoms with E-state index in [0.717, 1.165) is 32.9 Å². The van der Waals surface area contributed by atoms with Crippen LogP contribution in [0, 0.1) is 5.82 Å². The van der Waals surface area contributed by atoms with Gasteiger partial charge in [0.05, 0.1) is 16.2 Å². The third-order valence-electron chi connectivity index (χ3n) is 4.63. The van der Waals surface area contributed by atoms with E-state index in [4.69, 9.17) is 0 Å². The molecule has 0 N–H and O–H groups in total. The molecule has 30 heavy (non-hydrogen) atoms. The maximum absolute atomic E-state index is 13.3. The van der Waals surface area contributed by atoms with Crippen molar-refractivity contribution in [3.63, 3.8) is 0 Å². The second-order valence-electron chi connectivity index (χ2n) is 6.71. The highest BCUT2D eigenvalue weighted by Crippen LogP contribution is 2.31.